The molecule has 0 fully saturated rings. The summed E-state index contributed by atoms with van der Waals surface area (Å²) in [6.07, 6.45) is 3.23. The summed E-state index contributed by atoms with van der Waals surface area (Å²) in [6, 6.07) is 7.72. The van der Waals surface area contributed by atoms with Crippen LogP contribution in [0.15, 0.2) is 47.6 Å². The number of nitrogens with zero attached hydrogens (tertiary/aromatic N) is 1. The Hall–Kier alpha value is -1.14. The number of aromatic nitrogens is 1. The molecule has 4 nitrogen and oxygen atoms in total. The molecule has 0 amide bonds. The van der Waals surface area contributed by atoms with Gasteiger partial charge < -0.3 is 0 Å². The predicted molar refractivity (Wildman–Crippen MR) is 84.0 cm³/mol. The summed E-state index contributed by atoms with van der Waals surface area (Å²) in [6.45, 7) is 3.55. The van der Waals surface area contributed by atoms with Gasteiger partial charge in [-0.1, -0.05) is 23.2 Å². The lowest BCUT2D eigenvalue weighted by Crippen LogP contribution is -2.40. The van der Waals surface area contributed by atoms with E-state index >= 15 is 0 Å². The van der Waals surface area contributed by atoms with Crippen molar-refractivity contribution in [1.82, 2.24) is 9.71 Å². The molecule has 0 atom stereocenters. The number of pyridine rings is 1. The second-order valence-corrected chi connectivity index (χ2v) is 7.54. The van der Waals surface area contributed by atoms with Crippen LogP contribution in [0.25, 0.3) is 0 Å². The van der Waals surface area contributed by atoms with Crippen LogP contribution in [0.1, 0.15) is 19.4 Å². The zero-order valence-electron chi connectivity index (χ0n) is 11.5. The molecule has 0 saturated carbocycles. The van der Waals surface area contributed by atoms with E-state index in [0.717, 1.165) is 5.56 Å². The second kappa shape index (κ2) is 5.93. The molecule has 0 aliphatic rings. The number of hydrogen-bond acceptors (Lipinski definition) is 3. The van der Waals surface area contributed by atoms with Crippen molar-refractivity contribution in [2.45, 2.75) is 24.3 Å². The van der Waals surface area contributed by atoms with E-state index in [2.05, 4.69) is 9.71 Å². The molecule has 1 heterocycles. The van der Waals surface area contributed by atoms with Gasteiger partial charge in [0.15, 0.2) is 0 Å². The van der Waals surface area contributed by atoms with Gasteiger partial charge in [-0.05, 0) is 49.7 Å². The molecule has 1 aromatic heterocycles. The third-order valence-electron chi connectivity index (χ3n) is 2.99. The Balaban J connectivity index is 2.35. The number of benzene rings is 1. The molecule has 1 aromatic carbocycles. The summed E-state index contributed by atoms with van der Waals surface area (Å²) < 4.78 is 27.6. The fourth-order valence-corrected chi connectivity index (χ4v) is 3.66. The Kier molecular flexibility index (Phi) is 4.58. The van der Waals surface area contributed by atoms with Crippen LogP contribution in [0.4, 0.5) is 0 Å². The topological polar surface area (TPSA) is 59.1 Å². The summed E-state index contributed by atoms with van der Waals surface area (Å²) in [4.78, 5) is 3.99. The Labute approximate surface area is 134 Å². The maximum Gasteiger partial charge on any atom is 0.241 e. The average molecular weight is 345 g/mol. The SMILES string of the molecule is CC(C)(NS(=O)(=O)c1ccc(Cl)c(Cl)c1)c1ccncc1. The summed E-state index contributed by atoms with van der Waals surface area (Å²) in [5, 5.41) is 0.505. The molecule has 2 rings (SSSR count). The highest BCUT2D eigenvalue weighted by molar-refractivity contribution is 7.89. The van der Waals surface area contributed by atoms with E-state index in [-0.39, 0.29) is 9.92 Å². The van der Waals surface area contributed by atoms with Crippen molar-refractivity contribution in [3.8, 4) is 0 Å². The van der Waals surface area contributed by atoms with Crippen molar-refractivity contribution in [2.75, 3.05) is 0 Å². The van der Waals surface area contributed by atoms with E-state index in [9.17, 15) is 8.42 Å². The molecule has 1 N–H and O–H groups in total. The van der Waals surface area contributed by atoms with Crippen molar-refractivity contribution in [1.29, 1.82) is 0 Å². The normalized spacial score (nSPS) is 12.4. The minimum Gasteiger partial charge on any atom is -0.265 e. The maximum absolute atomic E-state index is 12.5. The van der Waals surface area contributed by atoms with Gasteiger partial charge in [0.2, 0.25) is 10.0 Å². The molecule has 21 heavy (non-hydrogen) atoms. The van der Waals surface area contributed by atoms with Gasteiger partial charge in [0, 0.05) is 12.4 Å². The number of rotatable bonds is 4. The Morgan fingerprint density at radius 2 is 1.67 bits per heavy atom. The van der Waals surface area contributed by atoms with E-state index in [1.54, 1.807) is 38.4 Å². The van der Waals surface area contributed by atoms with Crippen LogP contribution in [-0.2, 0) is 15.6 Å². The van der Waals surface area contributed by atoms with Crippen LogP contribution < -0.4 is 4.72 Å². The van der Waals surface area contributed by atoms with Gasteiger partial charge in [0.1, 0.15) is 0 Å². The Morgan fingerprint density at radius 3 is 2.24 bits per heavy atom. The summed E-state index contributed by atoms with van der Waals surface area (Å²) in [5.41, 5.74) is 0.0228. The molecule has 0 unspecified atom stereocenters. The molecule has 0 saturated heterocycles. The smallest absolute Gasteiger partial charge is 0.241 e. The fourth-order valence-electron chi connectivity index (χ4n) is 1.87. The van der Waals surface area contributed by atoms with Crippen molar-refractivity contribution >= 4 is 33.2 Å². The molecular weight excluding hydrogens is 331 g/mol. The second-order valence-electron chi connectivity index (χ2n) is 5.04. The minimum absolute atomic E-state index is 0.0685. The first kappa shape index (κ1) is 16.2. The zero-order valence-corrected chi connectivity index (χ0v) is 13.8. The molecular formula is C14H14Cl2N2O2S. The largest absolute Gasteiger partial charge is 0.265 e. The van der Waals surface area contributed by atoms with Crippen LogP contribution in [0.2, 0.25) is 10.0 Å². The number of nitrogens with one attached hydrogen (secondary N) is 1. The summed E-state index contributed by atoms with van der Waals surface area (Å²) >= 11 is 11.7. The molecule has 0 radical (unpaired) electrons. The summed E-state index contributed by atoms with van der Waals surface area (Å²) in [7, 11) is -3.72. The third kappa shape index (κ3) is 3.74. The van der Waals surface area contributed by atoms with E-state index in [1.807, 2.05) is 0 Å². The van der Waals surface area contributed by atoms with Crippen molar-refractivity contribution < 1.29 is 8.42 Å². The monoisotopic (exact) mass is 344 g/mol. The van der Waals surface area contributed by atoms with E-state index < -0.39 is 15.6 Å². The molecule has 0 aliphatic heterocycles. The Morgan fingerprint density at radius 1 is 1.05 bits per heavy atom. The lowest BCUT2D eigenvalue weighted by Gasteiger charge is -2.26. The standard InChI is InChI=1S/C14H14Cl2N2O2S/c1-14(2,10-5-7-17-8-6-10)18-21(19,20)11-3-4-12(15)13(16)9-11/h3-9,18H,1-2H3. The molecule has 0 bridgehead atoms. The minimum atomic E-state index is -3.72. The summed E-state index contributed by atoms with van der Waals surface area (Å²) in [5.74, 6) is 0. The molecule has 112 valence electrons. The van der Waals surface area contributed by atoms with Gasteiger partial charge in [-0.3, -0.25) is 4.98 Å². The van der Waals surface area contributed by atoms with Gasteiger partial charge in [-0.25, -0.2) is 13.1 Å². The molecule has 0 aliphatic carbocycles. The quantitative estimate of drug-likeness (QED) is 0.921. The lowest BCUT2D eigenvalue weighted by atomic mass is 9.97. The number of sulfonamides is 1. The Bertz CT molecular complexity index is 747. The average Bonchev–Trinajstić information content (AvgIpc) is 2.41. The molecule has 7 heteroatoms. The number of hydrogen-bond donors (Lipinski definition) is 1. The van der Waals surface area contributed by atoms with Crippen LogP contribution in [0, 0.1) is 0 Å². The van der Waals surface area contributed by atoms with E-state index in [0.29, 0.717) is 5.02 Å². The van der Waals surface area contributed by atoms with Crippen LogP contribution in [0.5, 0.6) is 0 Å². The van der Waals surface area contributed by atoms with Crippen molar-refractivity contribution in [2.24, 2.45) is 0 Å². The number of halogens is 2. The molecule has 2 aromatic rings. The lowest BCUT2D eigenvalue weighted by molar-refractivity contribution is 0.471. The highest BCUT2D eigenvalue weighted by Gasteiger charge is 2.28. The predicted octanol–water partition coefficient (Wildman–Crippen LogP) is 3.60. The van der Waals surface area contributed by atoms with Crippen LogP contribution in [-0.4, -0.2) is 13.4 Å². The first-order valence-electron chi connectivity index (χ1n) is 6.12. The van der Waals surface area contributed by atoms with Crippen molar-refractivity contribution in [3.05, 3.63) is 58.3 Å². The zero-order chi connectivity index (χ0) is 15.7. The van der Waals surface area contributed by atoms with Gasteiger partial charge in [-0.2, -0.15) is 0 Å². The van der Waals surface area contributed by atoms with Crippen LogP contribution >= 0.6 is 23.2 Å². The third-order valence-corrected chi connectivity index (χ3v) is 5.39. The van der Waals surface area contributed by atoms with Crippen molar-refractivity contribution in [3.63, 3.8) is 0 Å². The van der Waals surface area contributed by atoms with Gasteiger partial charge in [-0.15, -0.1) is 0 Å². The van der Waals surface area contributed by atoms with Gasteiger partial charge in [0.25, 0.3) is 0 Å². The van der Waals surface area contributed by atoms with Gasteiger partial charge >= 0.3 is 0 Å². The fraction of sp³-hybridized carbons (Fsp3) is 0.214. The van der Waals surface area contributed by atoms with E-state index in [4.69, 9.17) is 23.2 Å². The maximum atomic E-state index is 12.5. The molecule has 0 spiro atoms. The highest BCUT2D eigenvalue weighted by atomic mass is 35.5. The first-order chi connectivity index (χ1) is 9.72. The van der Waals surface area contributed by atoms with Crippen LogP contribution in [0.3, 0.4) is 0 Å². The first-order valence-corrected chi connectivity index (χ1v) is 8.36. The highest BCUT2D eigenvalue weighted by Crippen LogP contribution is 2.27. The van der Waals surface area contributed by atoms with Gasteiger partial charge in [0.05, 0.1) is 20.5 Å². The van der Waals surface area contributed by atoms with E-state index in [1.165, 1.54) is 18.2 Å².